The first-order valence-electron chi connectivity index (χ1n) is 10.5. The van der Waals surface area contributed by atoms with Crippen molar-refractivity contribution in [1.82, 2.24) is 0 Å². The molecule has 10 nitrogen and oxygen atoms in total. The normalized spacial score (nSPS) is 13.8. The molecule has 0 aromatic rings. The molecule has 10 heteroatoms. The molecule has 0 saturated heterocycles. The smallest absolute Gasteiger partial charge is 0.343 e. The number of hydrogen-bond donors (Lipinski definition) is 0. The Hall–Kier alpha value is -3.30. The largest absolute Gasteiger partial charge is 0.462 e. The lowest BCUT2D eigenvalue weighted by atomic mass is 9.83. The van der Waals surface area contributed by atoms with Crippen LogP contribution in [0.5, 0.6) is 0 Å². The van der Waals surface area contributed by atoms with E-state index >= 15 is 0 Å². The van der Waals surface area contributed by atoms with E-state index in [9.17, 15) is 28.8 Å². The van der Waals surface area contributed by atoms with E-state index in [0.717, 1.165) is 0 Å². The fourth-order valence-electron chi connectivity index (χ4n) is 2.57. The van der Waals surface area contributed by atoms with E-state index in [-0.39, 0.29) is 26.4 Å². The van der Waals surface area contributed by atoms with Crippen molar-refractivity contribution in [2.75, 3.05) is 26.4 Å². The minimum Gasteiger partial charge on any atom is -0.462 e. The van der Waals surface area contributed by atoms with Crippen LogP contribution in [-0.4, -0.2) is 61.9 Å². The molecule has 0 amide bonds. The number of hydrogen-bond acceptors (Lipinski definition) is 10. The molecule has 0 fully saturated rings. The lowest BCUT2D eigenvalue weighted by molar-refractivity contribution is -0.148. The molecule has 0 aromatic carbocycles. The first-order chi connectivity index (χ1) is 15.3. The van der Waals surface area contributed by atoms with Crippen molar-refractivity contribution in [2.45, 2.75) is 53.4 Å². The molecule has 0 aromatic heterocycles. The van der Waals surface area contributed by atoms with Gasteiger partial charge in [-0.15, -0.1) is 0 Å². The number of ketones is 2. The molecule has 0 radical (unpaired) electrons. The maximum atomic E-state index is 12.8. The molecule has 0 heterocycles. The van der Waals surface area contributed by atoms with Crippen molar-refractivity contribution in [3.05, 3.63) is 22.3 Å². The fraction of sp³-hybridized carbons (Fsp3) is 0.545. The van der Waals surface area contributed by atoms with Crippen LogP contribution in [0.25, 0.3) is 0 Å². The van der Waals surface area contributed by atoms with E-state index in [1.54, 1.807) is 27.7 Å². The molecule has 1 aliphatic carbocycles. The third kappa shape index (κ3) is 6.35. The molecule has 176 valence electrons. The van der Waals surface area contributed by atoms with E-state index < -0.39 is 57.7 Å². The third-order valence-corrected chi connectivity index (χ3v) is 3.98. The highest BCUT2D eigenvalue weighted by molar-refractivity contribution is 6.60. The summed E-state index contributed by atoms with van der Waals surface area (Å²) in [6, 6.07) is 0. The van der Waals surface area contributed by atoms with Crippen LogP contribution in [0.1, 0.15) is 53.4 Å². The van der Waals surface area contributed by atoms with Crippen molar-refractivity contribution in [1.29, 1.82) is 0 Å². The quantitative estimate of drug-likeness (QED) is 0.141. The molecule has 0 bridgehead atoms. The van der Waals surface area contributed by atoms with Gasteiger partial charge in [0, 0.05) is 0 Å². The lowest BCUT2D eigenvalue weighted by Crippen LogP contribution is -2.38. The maximum absolute atomic E-state index is 12.8. The Morgan fingerprint density at radius 3 is 0.906 bits per heavy atom. The molecule has 0 N–H and O–H groups in total. The molecular weight excluding hydrogens is 424 g/mol. The molecule has 0 unspecified atom stereocenters. The summed E-state index contributed by atoms with van der Waals surface area (Å²) < 4.78 is 19.9. The average molecular weight is 452 g/mol. The van der Waals surface area contributed by atoms with E-state index in [0.29, 0.717) is 25.7 Å². The minimum absolute atomic E-state index is 0.103. The monoisotopic (exact) mass is 452 g/mol. The summed E-state index contributed by atoms with van der Waals surface area (Å²) in [5, 5.41) is 0. The highest BCUT2D eigenvalue weighted by Gasteiger charge is 2.47. The van der Waals surface area contributed by atoms with Gasteiger partial charge in [0.05, 0.1) is 37.6 Å². The Bertz CT molecular complexity index is 777. The summed E-state index contributed by atoms with van der Waals surface area (Å²) in [6.45, 7) is 6.38. The standard InChI is InChI=1S/C22H28O10/c1-5-9-29-19(25)13-14(20(26)30-10-6-2)16(22(28)32-12-8-4)18(24)17(23)15(13)21(27)31-11-7-3/h5-12H2,1-4H3. The zero-order valence-electron chi connectivity index (χ0n) is 18.7. The van der Waals surface area contributed by atoms with Gasteiger partial charge in [-0.25, -0.2) is 19.2 Å². The van der Waals surface area contributed by atoms with Crippen LogP contribution < -0.4 is 0 Å². The summed E-state index contributed by atoms with van der Waals surface area (Å²) in [5.41, 5.74) is -3.62. The summed E-state index contributed by atoms with van der Waals surface area (Å²) >= 11 is 0. The molecule has 32 heavy (non-hydrogen) atoms. The van der Waals surface area contributed by atoms with Crippen LogP contribution in [0.3, 0.4) is 0 Å². The number of carbonyl (C=O) groups is 6. The van der Waals surface area contributed by atoms with E-state index in [4.69, 9.17) is 18.9 Å². The second-order valence-electron chi connectivity index (χ2n) is 6.70. The second-order valence-corrected chi connectivity index (χ2v) is 6.70. The van der Waals surface area contributed by atoms with Gasteiger partial charge in [-0.3, -0.25) is 9.59 Å². The van der Waals surface area contributed by atoms with Gasteiger partial charge in [0.1, 0.15) is 11.1 Å². The topological polar surface area (TPSA) is 139 Å². The lowest BCUT2D eigenvalue weighted by Gasteiger charge is -2.21. The Balaban J connectivity index is 3.84. The fourth-order valence-corrected chi connectivity index (χ4v) is 2.57. The van der Waals surface area contributed by atoms with Gasteiger partial charge in [0.2, 0.25) is 11.6 Å². The van der Waals surface area contributed by atoms with Crippen molar-refractivity contribution in [2.24, 2.45) is 0 Å². The van der Waals surface area contributed by atoms with Crippen LogP contribution in [0.4, 0.5) is 0 Å². The van der Waals surface area contributed by atoms with Crippen LogP contribution in [0, 0.1) is 0 Å². The first-order valence-corrected chi connectivity index (χ1v) is 10.5. The van der Waals surface area contributed by atoms with Gasteiger partial charge in [-0.2, -0.15) is 0 Å². The average Bonchev–Trinajstić information content (AvgIpc) is 2.78. The molecule has 0 aliphatic heterocycles. The van der Waals surface area contributed by atoms with Crippen molar-refractivity contribution in [3.63, 3.8) is 0 Å². The Morgan fingerprint density at radius 1 is 0.469 bits per heavy atom. The van der Waals surface area contributed by atoms with Gasteiger partial charge in [-0.05, 0) is 25.7 Å². The maximum Gasteiger partial charge on any atom is 0.343 e. The van der Waals surface area contributed by atoms with E-state index in [1.807, 2.05) is 0 Å². The van der Waals surface area contributed by atoms with Gasteiger partial charge < -0.3 is 18.9 Å². The third-order valence-electron chi connectivity index (χ3n) is 3.98. The van der Waals surface area contributed by atoms with Gasteiger partial charge in [0.15, 0.2) is 0 Å². The van der Waals surface area contributed by atoms with Gasteiger partial charge >= 0.3 is 23.9 Å². The highest BCUT2D eigenvalue weighted by Crippen LogP contribution is 2.31. The minimum atomic E-state index is -1.47. The summed E-state index contributed by atoms with van der Waals surface area (Å²) in [7, 11) is 0. The van der Waals surface area contributed by atoms with E-state index in [2.05, 4.69) is 0 Å². The molecule has 0 atom stereocenters. The van der Waals surface area contributed by atoms with Crippen LogP contribution in [-0.2, 0) is 47.7 Å². The van der Waals surface area contributed by atoms with Crippen LogP contribution >= 0.6 is 0 Å². The zero-order chi connectivity index (χ0) is 24.3. The molecule has 1 rings (SSSR count). The summed E-state index contributed by atoms with van der Waals surface area (Å²) in [4.78, 5) is 76.4. The summed E-state index contributed by atoms with van der Waals surface area (Å²) in [6.07, 6.45) is 1.58. The Labute approximate surface area is 185 Å². The van der Waals surface area contributed by atoms with Crippen molar-refractivity contribution >= 4 is 35.4 Å². The molecular formula is C22H28O10. The first kappa shape index (κ1) is 26.7. The molecule has 1 aliphatic rings. The molecule has 0 spiro atoms. The predicted octanol–water partition coefficient (Wildman–Crippen LogP) is 1.54. The number of ether oxygens (including phenoxy) is 4. The molecule has 0 saturated carbocycles. The van der Waals surface area contributed by atoms with Crippen LogP contribution in [0.15, 0.2) is 22.3 Å². The second kappa shape index (κ2) is 13.2. The van der Waals surface area contributed by atoms with Gasteiger partial charge in [0.25, 0.3) is 0 Å². The Kier molecular flexibility index (Phi) is 11.0. The zero-order valence-corrected chi connectivity index (χ0v) is 18.7. The number of Topliss-reactive ketones (excluding diaryl/α,β-unsaturated/α-hetero) is 2. The highest BCUT2D eigenvalue weighted by atomic mass is 16.5. The summed E-state index contributed by atoms with van der Waals surface area (Å²) in [5.74, 6) is -7.97. The van der Waals surface area contributed by atoms with Crippen LogP contribution in [0.2, 0.25) is 0 Å². The number of carbonyl (C=O) groups excluding carboxylic acids is 6. The predicted molar refractivity (Wildman–Crippen MR) is 109 cm³/mol. The SMILES string of the molecule is CCCOC(=O)C1=C(C(=O)OCCC)C(C(=O)OCCC)=C(C(=O)OCCC)C(=O)C1=O. The van der Waals surface area contributed by atoms with Crippen molar-refractivity contribution < 1.29 is 47.7 Å². The number of rotatable bonds is 12. The number of esters is 4. The van der Waals surface area contributed by atoms with Crippen molar-refractivity contribution in [3.8, 4) is 0 Å². The van der Waals surface area contributed by atoms with E-state index in [1.165, 1.54) is 0 Å². The van der Waals surface area contributed by atoms with Gasteiger partial charge in [-0.1, -0.05) is 27.7 Å². The Morgan fingerprint density at radius 2 is 0.688 bits per heavy atom.